The van der Waals surface area contributed by atoms with E-state index in [0.717, 1.165) is 53.7 Å². The minimum Gasteiger partial charge on any atom is -0.395 e. The predicted molar refractivity (Wildman–Crippen MR) is 107 cm³/mol. The molecular formula is C21H25N5O2. The van der Waals surface area contributed by atoms with Crippen molar-refractivity contribution in [3.8, 4) is 11.3 Å². The monoisotopic (exact) mass is 379 g/mol. The second-order valence-electron chi connectivity index (χ2n) is 7.48. The van der Waals surface area contributed by atoms with Crippen LogP contribution in [0.1, 0.15) is 18.5 Å². The quantitative estimate of drug-likeness (QED) is 0.704. The van der Waals surface area contributed by atoms with Crippen LogP contribution in [-0.4, -0.2) is 61.8 Å². The standard InChI is InChI=1S/C21H25N5O2/c1-25-14-18(13-24-25)20-9-16-8-19(22-11-17(16)12-23-20)10-21(28)15-2-4-26(5-3-15)6-7-27/h8-9,11-15,27H,2-7,10H2,1H3. The van der Waals surface area contributed by atoms with Gasteiger partial charge < -0.3 is 10.0 Å². The fourth-order valence-electron chi connectivity index (χ4n) is 3.83. The number of likely N-dealkylation sites (tertiary alicyclic amines) is 1. The molecular weight excluding hydrogens is 354 g/mol. The van der Waals surface area contributed by atoms with Crippen LogP contribution < -0.4 is 0 Å². The van der Waals surface area contributed by atoms with Crippen molar-refractivity contribution < 1.29 is 9.90 Å². The normalized spacial score (nSPS) is 15.9. The lowest BCUT2D eigenvalue weighted by Gasteiger charge is -2.30. The summed E-state index contributed by atoms with van der Waals surface area (Å²) < 4.78 is 1.75. The number of aliphatic hydroxyl groups is 1. The molecule has 7 heteroatoms. The zero-order valence-corrected chi connectivity index (χ0v) is 16.1. The van der Waals surface area contributed by atoms with Crippen molar-refractivity contribution in [2.45, 2.75) is 19.3 Å². The minimum absolute atomic E-state index is 0.0934. The molecule has 0 saturated carbocycles. The Morgan fingerprint density at radius 2 is 1.93 bits per heavy atom. The van der Waals surface area contributed by atoms with Crippen LogP contribution in [0.2, 0.25) is 0 Å². The first-order chi connectivity index (χ1) is 13.6. The van der Waals surface area contributed by atoms with Crippen LogP contribution in [-0.2, 0) is 18.3 Å². The van der Waals surface area contributed by atoms with Gasteiger partial charge in [0.25, 0.3) is 0 Å². The van der Waals surface area contributed by atoms with Crippen molar-refractivity contribution in [2.24, 2.45) is 13.0 Å². The molecule has 7 nitrogen and oxygen atoms in total. The number of rotatable bonds is 6. The first-order valence-electron chi connectivity index (χ1n) is 9.72. The van der Waals surface area contributed by atoms with Gasteiger partial charge in [-0.05, 0) is 43.5 Å². The third kappa shape index (κ3) is 4.10. The molecule has 28 heavy (non-hydrogen) atoms. The molecule has 3 aromatic rings. The zero-order chi connectivity index (χ0) is 19.5. The highest BCUT2D eigenvalue weighted by atomic mass is 16.3. The Bertz CT molecular complexity index is 976. The number of fused-ring (bicyclic) bond motifs is 1. The van der Waals surface area contributed by atoms with Gasteiger partial charge in [0.05, 0.1) is 18.5 Å². The molecule has 1 N–H and O–H groups in total. The molecule has 0 aliphatic carbocycles. The first kappa shape index (κ1) is 18.7. The maximum atomic E-state index is 12.7. The number of piperidine rings is 1. The molecule has 4 heterocycles. The van der Waals surface area contributed by atoms with E-state index in [1.54, 1.807) is 17.1 Å². The average molecular weight is 379 g/mol. The van der Waals surface area contributed by atoms with E-state index < -0.39 is 0 Å². The van der Waals surface area contributed by atoms with E-state index in [0.29, 0.717) is 13.0 Å². The molecule has 1 fully saturated rings. The van der Waals surface area contributed by atoms with Crippen LogP contribution in [0.5, 0.6) is 0 Å². The van der Waals surface area contributed by atoms with Crippen LogP contribution in [0.3, 0.4) is 0 Å². The Balaban J connectivity index is 1.47. The molecule has 0 spiro atoms. The molecule has 1 saturated heterocycles. The molecule has 1 aliphatic heterocycles. The van der Waals surface area contributed by atoms with Crippen LogP contribution in [0.4, 0.5) is 0 Å². The van der Waals surface area contributed by atoms with Crippen LogP contribution in [0, 0.1) is 5.92 Å². The summed E-state index contributed by atoms with van der Waals surface area (Å²) in [6.45, 7) is 2.63. The molecule has 0 unspecified atom stereocenters. The Morgan fingerprint density at radius 3 is 2.64 bits per heavy atom. The molecule has 0 bridgehead atoms. The van der Waals surface area contributed by atoms with Crippen LogP contribution in [0.15, 0.2) is 36.9 Å². The Morgan fingerprint density at radius 1 is 1.14 bits per heavy atom. The molecule has 4 rings (SSSR count). The Labute approximate surface area is 164 Å². The summed E-state index contributed by atoms with van der Waals surface area (Å²) >= 11 is 0. The van der Waals surface area contributed by atoms with Gasteiger partial charge in [-0.15, -0.1) is 0 Å². The van der Waals surface area contributed by atoms with E-state index in [9.17, 15) is 4.79 Å². The summed E-state index contributed by atoms with van der Waals surface area (Å²) in [5, 5.41) is 15.2. The van der Waals surface area contributed by atoms with E-state index in [1.165, 1.54) is 0 Å². The number of aliphatic hydroxyl groups excluding tert-OH is 1. The number of Topliss-reactive ketones (excluding diaryl/α,β-unsaturated/α-hetero) is 1. The number of carbonyl (C=O) groups excluding carboxylic acids is 1. The summed E-state index contributed by atoms with van der Waals surface area (Å²) in [6, 6.07) is 4.02. The van der Waals surface area contributed by atoms with Gasteiger partial charge in [0.15, 0.2) is 0 Å². The number of carbonyl (C=O) groups is 1. The third-order valence-corrected chi connectivity index (χ3v) is 5.47. The largest absolute Gasteiger partial charge is 0.395 e. The van der Waals surface area contributed by atoms with Crippen LogP contribution in [0.25, 0.3) is 22.0 Å². The van der Waals surface area contributed by atoms with Gasteiger partial charge in [-0.25, -0.2) is 0 Å². The fraction of sp³-hybridized carbons (Fsp3) is 0.429. The first-order valence-corrected chi connectivity index (χ1v) is 9.72. The Hall–Kier alpha value is -2.64. The Kier molecular flexibility index (Phi) is 5.45. The van der Waals surface area contributed by atoms with Gasteiger partial charge >= 0.3 is 0 Å². The summed E-state index contributed by atoms with van der Waals surface area (Å²) in [7, 11) is 1.88. The van der Waals surface area contributed by atoms with E-state index in [1.807, 2.05) is 31.6 Å². The van der Waals surface area contributed by atoms with Crippen molar-refractivity contribution in [1.29, 1.82) is 0 Å². The fourth-order valence-corrected chi connectivity index (χ4v) is 3.83. The molecule has 0 atom stereocenters. The van der Waals surface area contributed by atoms with Crippen molar-refractivity contribution in [3.05, 3.63) is 42.6 Å². The second kappa shape index (κ2) is 8.16. The van der Waals surface area contributed by atoms with Crippen molar-refractivity contribution in [1.82, 2.24) is 24.6 Å². The maximum Gasteiger partial charge on any atom is 0.142 e. The number of β-amino-alcohol motifs (C(OH)–C–C–N with tert-alkyl or cyclic N) is 1. The van der Waals surface area contributed by atoms with Gasteiger partial charge in [0.1, 0.15) is 5.78 Å². The minimum atomic E-state index is 0.0934. The lowest BCUT2D eigenvalue weighted by atomic mass is 9.90. The third-order valence-electron chi connectivity index (χ3n) is 5.47. The molecule has 3 aromatic heterocycles. The van der Waals surface area contributed by atoms with Gasteiger partial charge in [-0.2, -0.15) is 5.10 Å². The summed E-state index contributed by atoms with van der Waals surface area (Å²) in [5.74, 6) is 0.355. The van der Waals surface area contributed by atoms with E-state index in [4.69, 9.17) is 5.11 Å². The van der Waals surface area contributed by atoms with Crippen molar-refractivity contribution in [3.63, 3.8) is 0 Å². The second-order valence-corrected chi connectivity index (χ2v) is 7.48. The number of pyridine rings is 2. The topological polar surface area (TPSA) is 84.1 Å². The molecule has 0 amide bonds. The van der Waals surface area contributed by atoms with Crippen molar-refractivity contribution in [2.75, 3.05) is 26.2 Å². The van der Waals surface area contributed by atoms with E-state index >= 15 is 0 Å². The summed E-state index contributed by atoms with van der Waals surface area (Å²) in [5.41, 5.74) is 2.63. The SMILES string of the molecule is Cn1cc(-c2cc3cc(CC(=O)C4CCN(CCO)CC4)ncc3cn2)cn1. The highest BCUT2D eigenvalue weighted by Gasteiger charge is 2.24. The van der Waals surface area contributed by atoms with Gasteiger partial charge in [0, 0.05) is 61.2 Å². The smallest absolute Gasteiger partial charge is 0.142 e. The number of hydrogen-bond acceptors (Lipinski definition) is 6. The number of hydrogen-bond donors (Lipinski definition) is 1. The zero-order valence-electron chi connectivity index (χ0n) is 16.1. The molecule has 1 aliphatic rings. The predicted octanol–water partition coefficient (Wildman–Crippen LogP) is 1.85. The maximum absolute atomic E-state index is 12.7. The lowest BCUT2D eigenvalue weighted by Crippen LogP contribution is -2.38. The van der Waals surface area contributed by atoms with Gasteiger partial charge in [-0.3, -0.25) is 19.4 Å². The molecule has 0 aromatic carbocycles. The highest BCUT2D eigenvalue weighted by Crippen LogP contribution is 2.23. The summed E-state index contributed by atoms with van der Waals surface area (Å²) in [4.78, 5) is 23.9. The molecule has 0 radical (unpaired) electrons. The number of ketones is 1. The van der Waals surface area contributed by atoms with Crippen molar-refractivity contribution >= 4 is 16.6 Å². The van der Waals surface area contributed by atoms with Gasteiger partial charge in [-0.1, -0.05) is 0 Å². The number of nitrogens with zero attached hydrogens (tertiary/aromatic N) is 5. The summed E-state index contributed by atoms with van der Waals surface area (Å²) in [6.07, 6.45) is 9.43. The average Bonchev–Trinajstić information content (AvgIpc) is 3.14. The number of aryl methyl sites for hydroxylation is 1. The lowest BCUT2D eigenvalue weighted by molar-refractivity contribution is -0.123. The molecule has 146 valence electrons. The number of aromatic nitrogens is 4. The van der Waals surface area contributed by atoms with E-state index in [2.05, 4.69) is 20.0 Å². The highest BCUT2D eigenvalue weighted by molar-refractivity contribution is 5.87. The van der Waals surface area contributed by atoms with E-state index in [-0.39, 0.29) is 18.3 Å². The van der Waals surface area contributed by atoms with Crippen LogP contribution >= 0.6 is 0 Å². The van der Waals surface area contributed by atoms with Gasteiger partial charge in [0.2, 0.25) is 0 Å².